The lowest BCUT2D eigenvalue weighted by Crippen LogP contribution is -2.16. The zero-order valence-corrected chi connectivity index (χ0v) is 13.7. The minimum atomic E-state index is -0.0478. The molecule has 1 nitrogen and oxygen atoms in total. The molecule has 1 aromatic carbocycles. The highest BCUT2D eigenvalue weighted by molar-refractivity contribution is 9.10. The first-order valence-corrected chi connectivity index (χ1v) is 6.69. The van der Waals surface area contributed by atoms with Gasteiger partial charge in [-0.05, 0) is 38.4 Å². The standard InChI is InChI=1S/C14H21BrO.B2/c1-13(2,3)9-7-10(14(4,5)6)12(16)11(15)8-9;1-2/h7-8,16H,1-6H3;. The second-order valence-corrected chi connectivity index (χ2v) is 7.21. The topological polar surface area (TPSA) is 20.2 Å². The lowest BCUT2D eigenvalue weighted by molar-refractivity contribution is 0.441. The van der Waals surface area contributed by atoms with E-state index in [9.17, 15) is 5.11 Å². The summed E-state index contributed by atoms with van der Waals surface area (Å²) in [6.45, 7) is 12.9. The Hall–Kier alpha value is -0.370. The van der Waals surface area contributed by atoms with E-state index in [0.717, 1.165) is 10.0 Å². The Bertz CT molecular complexity index is 403. The Balaban J connectivity index is 0.00000137. The average molecular weight is 307 g/mol. The van der Waals surface area contributed by atoms with Gasteiger partial charge in [-0.25, -0.2) is 0 Å². The van der Waals surface area contributed by atoms with Crippen LogP contribution in [0.25, 0.3) is 0 Å². The molecular weight excluding hydrogens is 286 g/mol. The van der Waals surface area contributed by atoms with Crippen molar-refractivity contribution in [1.29, 1.82) is 0 Å². The summed E-state index contributed by atoms with van der Waals surface area (Å²) in [4.78, 5) is 0. The van der Waals surface area contributed by atoms with Crippen molar-refractivity contribution in [2.24, 2.45) is 0 Å². The van der Waals surface area contributed by atoms with Gasteiger partial charge in [0.05, 0.1) is 4.47 Å². The van der Waals surface area contributed by atoms with E-state index in [2.05, 4.69) is 79.0 Å². The van der Waals surface area contributed by atoms with Gasteiger partial charge in [-0.15, -0.1) is 0 Å². The van der Waals surface area contributed by atoms with E-state index >= 15 is 0 Å². The first-order valence-electron chi connectivity index (χ1n) is 5.90. The molecule has 0 bridgehead atoms. The van der Waals surface area contributed by atoms with E-state index in [1.807, 2.05) is 6.07 Å². The van der Waals surface area contributed by atoms with Gasteiger partial charge in [0.25, 0.3) is 0 Å². The van der Waals surface area contributed by atoms with Crippen molar-refractivity contribution in [2.75, 3.05) is 0 Å². The van der Waals surface area contributed by atoms with Gasteiger partial charge in [-0.2, -0.15) is 0 Å². The molecule has 1 aromatic rings. The summed E-state index contributed by atoms with van der Waals surface area (Å²) in [5.74, 6) is 0.362. The Labute approximate surface area is 122 Å². The van der Waals surface area contributed by atoms with Crippen molar-refractivity contribution in [3.8, 4) is 5.75 Å². The molecule has 0 unspecified atom stereocenters. The van der Waals surface area contributed by atoms with Gasteiger partial charge in [0.15, 0.2) is 0 Å². The summed E-state index contributed by atoms with van der Waals surface area (Å²) in [7, 11) is 8.00. The summed E-state index contributed by atoms with van der Waals surface area (Å²) in [6.07, 6.45) is 0. The highest BCUT2D eigenvalue weighted by Gasteiger charge is 2.24. The number of phenolic OH excluding ortho intramolecular Hbond substituents is 1. The number of hydrogen-bond acceptors (Lipinski definition) is 1. The van der Waals surface area contributed by atoms with E-state index in [-0.39, 0.29) is 10.8 Å². The number of phenols is 1. The fourth-order valence-corrected chi connectivity index (χ4v) is 2.06. The molecule has 0 atom stereocenters. The third-order valence-electron chi connectivity index (χ3n) is 2.74. The van der Waals surface area contributed by atoms with E-state index in [1.165, 1.54) is 5.56 Å². The van der Waals surface area contributed by atoms with Crippen LogP contribution in [0.3, 0.4) is 0 Å². The van der Waals surface area contributed by atoms with Crippen molar-refractivity contribution in [1.82, 2.24) is 0 Å². The molecule has 96 valence electrons. The van der Waals surface area contributed by atoms with Crippen molar-refractivity contribution in [2.45, 2.75) is 52.4 Å². The highest BCUT2D eigenvalue weighted by Crippen LogP contribution is 2.39. The second-order valence-electron chi connectivity index (χ2n) is 6.35. The van der Waals surface area contributed by atoms with Gasteiger partial charge in [-0.1, -0.05) is 47.6 Å². The van der Waals surface area contributed by atoms with Crippen LogP contribution in [0.15, 0.2) is 16.6 Å². The molecule has 4 radical (unpaired) electrons. The molecule has 0 spiro atoms. The number of aromatic hydroxyl groups is 1. The van der Waals surface area contributed by atoms with Crippen LogP contribution in [0.5, 0.6) is 5.75 Å². The molecule has 0 aliphatic heterocycles. The lowest BCUT2D eigenvalue weighted by atomic mass is 9.80. The van der Waals surface area contributed by atoms with E-state index < -0.39 is 0 Å². The molecule has 0 fully saturated rings. The molecule has 0 aliphatic rings. The van der Waals surface area contributed by atoms with Gasteiger partial charge in [0.2, 0.25) is 0 Å². The van der Waals surface area contributed by atoms with Crippen LogP contribution in [0.1, 0.15) is 52.7 Å². The number of hydrogen-bond donors (Lipinski definition) is 1. The number of rotatable bonds is 0. The monoisotopic (exact) mass is 306 g/mol. The smallest absolute Gasteiger partial charge is 0.133 e. The van der Waals surface area contributed by atoms with Gasteiger partial charge in [0.1, 0.15) is 5.75 Å². The molecule has 0 aromatic heterocycles. The van der Waals surface area contributed by atoms with E-state index in [1.54, 1.807) is 0 Å². The molecule has 18 heavy (non-hydrogen) atoms. The highest BCUT2D eigenvalue weighted by atomic mass is 79.9. The molecule has 1 N–H and O–H groups in total. The predicted octanol–water partition coefficient (Wildman–Crippen LogP) is 3.99. The third-order valence-corrected chi connectivity index (χ3v) is 3.34. The maximum atomic E-state index is 10.1. The second kappa shape index (κ2) is 6.18. The van der Waals surface area contributed by atoms with Crippen LogP contribution in [0.2, 0.25) is 0 Å². The van der Waals surface area contributed by atoms with Crippen LogP contribution in [0.4, 0.5) is 0 Å². The Morgan fingerprint density at radius 1 is 0.944 bits per heavy atom. The zero-order valence-electron chi connectivity index (χ0n) is 12.1. The Morgan fingerprint density at radius 3 is 1.72 bits per heavy atom. The van der Waals surface area contributed by atoms with E-state index in [4.69, 9.17) is 0 Å². The van der Waals surface area contributed by atoms with Gasteiger partial charge >= 0.3 is 0 Å². The molecule has 0 saturated heterocycles. The summed E-state index contributed by atoms with van der Waals surface area (Å²) in [6, 6.07) is 4.12. The lowest BCUT2D eigenvalue weighted by Gasteiger charge is -2.26. The van der Waals surface area contributed by atoms with Crippen molar-refractivity contribution < 1.29 is 5.11 Å². The minimum absolute atomic E-state index is 0.0478. The molecule has 1 rings (SSSR count). The van der Waals surface area contributed by atoms with Crippen LogP contribution < -0.4 is 0 Å². The fraction of sp³-hybridized carbons (Fsp3) is 0.571. The molecule has 0 saturated carbocycles. The molecule has 0 amide bonds. The van der Waals surface area contributed by atoms with Gasteiger partial charge in [0, 0.05) is 21.0 Å². The number of benzene rings is 1. The minimum Gasteiger partial charge on any atom is -0.506 e. The normalized spacial score (nSPS) is 11.7. The van der Waals surface area contributed by atoms with Gasteiger partial charge in [-0.3, -0.25) is 0 Å². The van der Waals surface area contributed by atoms with Crippen LogP contribution >= 0.6 is 15.9 Å². The summed E-state index contributed by atoms with van der Waals surface area (Å²) >= 11 is 3.43. The summed E-state index contributed by atoms with van der Waals surface area (Å²) < 4.78 is 0.782. The summed E-state index contributed by atoms with van der Waals surface area (Å²) in [5.41, 5.74) is 2.28. The first kappa shape index (κ1) is 17.6. The SMILES string of the molecule is CC(C)(C)c1cc(Br)c(O)c(C(C)(C)C)c1.[B][B]. The largest absolute Gasteiger partial charge is 0.506 e. The quantitative estimate of drug-likeness (QED) is 0.719. The predicted molar refractivity (Wildman–Crippen MR) is 84.7 cm³/mol. The zero-order chi connectivity index (χ0) is 14.7. The number of halogens is 1. The Kier molecular flexibility index (Phi) is 6.06. The molecule has 4 heteroatoms. The molecule has 0 heterocycles. The maximum Gasteiger partial charge on any atom is 0.133 e. The summed E-state index contributed by atoms with van der Waals surface area (Å²) in [5, 5.41) is 10.1. The third kappa shape index (κ3) is 4.38. The van der Waals surface area contributed by atoms with Gasteiger partial charge < -0.3 is 5.11 Å². The molecule has 0 aliphatic carbocycles. The fourth-order valence-electron chi connectivity index (χ4n) is 1.60. The van der Waals surface area contributed by atoms with Crippen LogP contribution in [0, 0.1) is 0 Å². The maximum absolute atomic E-state index is 10.1. The first-order chi connectivity index (χ1) is 8.03. The average Bonchev–Trinajstić information content (AvgIpc) is 2.21. The van der Waals surface area contributed by atoms with Crippen molar-refractivity contribution >= 4 is 31.4 Å². The van der Waals surface area contributed by atoms with Crippen molar-refractivity contribution in [3.05, 3.63) is 27.7 Å². The van der Waals surface area contributed by atoms with Crippen LogP contribution in [-0.4, -0.2) is 20.6 Å². The van der Waals surface area contributed by atoms with Crippen molar-refractivity contribution in [3.63, 3.8) is 0 Å². The molecular formula is C14H21B2BrO. The Morgan fingerprint density at radius 2 is 1.39 bits per heavy atom. The van der Waals surface area contributed by atoms with E-state index in [0.29, 0.717) is 5.75 Å². The van der Waals surface area contributed by atoms with Crippen LogP contribution in [-0.2, 0) is 10.8 Å².